The van der Waals surface area contributed by atoms with Crippen LogP contribution in [0, 0.1) is 6.92 Å². The Hall–Kier alpha value is -2.62. The van der Waals surface area contributed by atoms with E-state index in [2.05, 4.69) is 27.5 Å². The first-order chi connectivity index (χ1) is 9.83. The van der Waals surface area contributed by atoms with Crippen LogP contribution in [-0.2, 0) is 6.54 Å². The fraction of sp³-hybridized carbons (Fsp3) is 0.125. The van der Waals surface area contributed by atoms with Gasteiger partial charge in [-0.3, -0.25) is 0 Å². The van der Waals surface area contributed by atoms with Crippen molar-refractivity contribution >= 4 is 5.82 Å². The van der Waals surface area contributed by atoms with E-state index in [9.17, 15) is 0 Å². The standard InChI is InChI=1S/C16H16N4/c1-13-9-11-20(19-13)15-7-3-2-6-14(15)12-18-16-8-4-5-10-17-16/h2-11H,12H2,1H3,(H,17,18). The molecule has 0 saturated carbocycles. The van der Waals surface area contributed by atoms with E-state index in [4.69, 9.17) is 0 Å². The van der Waals surface area contributed by atoms with Crippen LogP contribution in [0.3, 0.4) is 0 Å². The molecule has 0 aliphatic heterocycles. The molecule has 20 heavy (non-hydrogen) atoms. The molecule has 0 aliphatic rings. The molecule has 0 unspecified atom stereocenters. The van der Waals surface area contributed by atoms with E-state index in [0.29, 0.717) is 6.54 Å². The number of aryl methyl sites for hydroxylation is 1. The zero-order chi connectivity index (χ0) is 13.8. The number of pyridine rings is 1. The Morgan fingerprint density at radius 1 is 1.05 bits per heavy atom. The second-order valence-corrected chi connectivity index (χ2v) is 4.60. The highest BCUT2D eigenvalue weighted by Crippen LogP contribution is 2.15. The molecular weight excluding hydrogens is 248 g/mol. The molecular formula is C16H16N4. The summed E-state index contributed by atoms with van der Waals surface area (Å²) >= 11 is 0. The zero-order valence-electron chi connectivity index (χ0n) is 11.3. The lowest BCUT2D eigenvalue weighted by Gasteiger charge is -2.11. The van der Waals surface area contributed by atoms with Crippen LogP contribution in [0.25, 0.3) is 5.69 Å². The van der Waals surface area contributed by atoms with Gasteiger partial charge in [0.05, 0.1) is 11.4 Å². The van der Waals surface area contributed by atoms with Gasteiger partial charge in [-0.1, -0.05) is 24.3 Å². The van der Waals surface area contributed by atoms with Crippen molar-refractivity contribution < 1.29 is 0 Å². The highest BCUT2D eigenvalue weighted by Gasteiger charge is 2.05. The van der Waals surface area contributed by atoms with Crippen molar-refractivity contribution in [3.05, 3.63) is 72.2 Å². The molecule has 1 N–H and O–H groups in total. The van der Waals surface area contributed by atoms with E-state index in [-0.39, 0.29) is 0 Å². The number of para-hydroxylation sites is 1. The van der Waals surface area contributed by atoms with E-state index in [1.54, 1.807) is 6.20 Å². The second-order valence-electron chi connectivity index (χ2n) is 4.60. The van der Waals surface area contributed by atoms with Crippen molar-refractivity contribution in [1.82, 2.24) is 14.8 Å². The molecule has 0 saturated heterocycles. The molecule has 100 valence electrons. The molecule has 0 aliphatic carbocycles. The Morgan fingerprint density at radius 3 is 2.65 bits per heavy atom. The fourth-order valence-corrected chi connectivity index (χ4v) is 2.09. The smallest absolute Gasteiger partial charge is 0.126 e. The molecule has 0 spiro atoms. The zero-order valence-corrected chi connectivity index (χ0v) is 11.3. The number of aromatic nitrogens is 3. The number of nitrogens with one attached hydrogen (secondary N) is 1. The van der Waals surface area contributed by atoms with Gasteiger partial charge in [-0.25, -0.2) is 9.67 Å². The fourth-order valence-electron chi connectivity index (χ4n) is 2.09. The van der Waals surface area contributed by atoms with E-state index in [1.165, 1.54) is 5.56 Å². The summed E-state index contributed by atoms with van der Waals surface area (Å²) in [5.74, 6) is 0.874. The molecule has 0 radical (unpaired) electrons. The van der Waals surface area contributed by atoms with E-state index >= 15 is 0 Å². The number of hydrogen-bond acceptors (Lipinski definition) is 3. The number of anilines is 1. The Bertz CT molecular complexity index is 688. The molecule has 3 aromatic rings. The summed E-state index contributed by atoms with van der Waals surface area (Å²) in [6.45, 7) is 2.71. The average molecular weight is 264 g/mol. The highest BCUT2D eigenvalue weighted by molar-refractivity contribution is 5.43. The molecule has 0 fully saturated rings. The predicted octanol–water partition coefficient (Wildman–Crippen LogP) is 3.19. The average Bonchev–Trinajstić information content (AvgIpc) is 2.93. The largest absolute Gasteiger partial charge is 0.366 e. The molecule has 0 atom stereocenters. The first-order valence-electron chi connectivity index (χ1n) is 6.58. The van der Waals surface area contributed by atoms with Crippen LogP contribution in [0.15, 0.2) is 60.9 Å². The van der Waals surface area contributed by atoms with Gasteiger partial charge in [0.15, 0.2) is 0 Å². The maximum absolute atomic E-state index is 4.47. The number of benzene rings is 1. The maximum Gasteiger partial charge on any atom is 0.126 e. The van der Waals surface area contributed by atoms with E-state index in [0.717, 1.165) is 17.2 Å². The molecule has 4 nitrogen and oxygen atoms in total. The van der Waals surface area contributed by atoms with Crippen LogP contribution in [-0.4, -0.2) is 14.8 Å². The van der Waals surface area contributed by atoms with Crippen molar-refractivity contribution in [3.8, 4) is 5.69 Å². The second kappa shape index (κ2) is 5.57. The maximum atomic E-state index is 4.47. The van der Waals surface area contributed by atoms with Gasteiger partial charge >= 0.3 is 0 Å². The van der Waals surface area contributed by atoms with Crippen LogP contribution >= 0.6 is 0 Å². The number of hydrogen-bond donors (Lipinski definition) is 1. The van der Waals surface area contributed by atoms with Gasteiger partial charge in [-0.05, 0) is 36.8 Å². The van der Waals surface area contributed by atoms with Crippen molar-refractivity contribution in [2.75, 3.05) is 5.32 Å². The van der Waals surface area contributed by atoms with Crippen molar-refractivity contribution in [2.45, 2.75) is 13.5 Å². The van der Waals surface area contributed by atoms with Crippen molar-refractivity contribution in [3.63, 3.8) is 0 Å². The third-order valence-electron chi connectivity index (χ3n) is 3.09. The minimum atomic E-state index is 0.714. The normalized spacial score (nSPS) is 10.4. The monoisotopic (exact) mass is 264 g/mol. The van der Waals surface area contributed by atoms with Gasteiger partial charge in [-0.15, -0.1) is 0 Å². The molecule has 1 aromatic carbocycles. The Morgan fingerprint density at radius 2 is 1.90 bits per heavy atom. The summed E-state index contributed by atoms with van der Waals surface area (Å²) < 4.78 is 1.91. The first-order valence-corrected chi connectivity index (χ1v) is 6.58. The minimum Gasteiger partial charge on any atom is -0.366 e. The van der Waals surface area contributed by atoms with Gasteiger partial charge in [-0.2, -0.15) is 5.10 Å². The lowest BCUT2D eigenvalue weighted by atomic mass is 10.2. The molecule has 0 bridgehead atoms. The van der Waals surface area contributed by atoms with Gasteiger partial charge < -0.3 is 5.32 Å². The molecule has 4 heteroatoms. The van der Waals surface area contributed by atoms with Gasteiger partial charge in [0, 0.05) is 18.9 Å². The number of nitrogens with zero attached hydrogens (tertiary/aromatic N) is 3. The highest BCUT2D eigenvalue weighted by atomic mass is 15.3. The van der Waals surface area contributed by atoms with Crippen LogP contribution in [0.5, 0.6) is 0 Å². The van der Waals surface area contributed by atoms with Crippen LogP contribution < -0.4 is 5.32 Å². The van der Waals surface area contributed by atoms with Crippen LogP contribution in [0.2, 0.25) is 0 Å². The van der Waals surface area contributed by atoms with Crippen LogP contribution in [0.1, 0.15) is 11.3 Å². The summed E-state index contributed by atoms with van der Waals surface area (Å²) in [6.07, 6.45) is 3.76. The van der Waals surface area contributed by atoms with Crippen molar-refractivity contribution in [2.24, 2.45) is 0 Å². The summed E-state index contributed by atoms with van der Waals surface area (Å²) in [4.78, 5) is 4.27. The van der Waals surface area contributed by atoms with Crippen LogP contribution in [0.4, 0.5) is 5.82 Å². The summed E-state index contributed by atoms with van der Waals surface area (Å²) in [7, 11) is 0. The molecule has 2 aromatic heterocycles. The van der Waals surface area contributed by atoms with E-state index in [1.807, 2.05) is 54.2 Å². The van der Waals surface area contributed by atoms with E-state index < -0.39 is 0 Å². The summed E-state index contributed by atoms with van der Waals surface area (Å²) in [5, 5.41) is 7.80. The van der Waals surface area contributed by atoms with Gasteiger partial charge in [0.2, 0.25) is 0 Å². The third-order valence-corrected chi connectivity index (χ3v) is 3.09. The predicted molar refractivity (Wildman–Crippen MR) is 79.9 cm³/mol. The summed E-state index contributed by atoms with van der Waals surface area (Å²) in [5.41, 5.74) is 3.28. The molecule has 2 heterocycles. The third kappa shape index (κ3) is 2.69. The summed E-state index contributed by atoms with van der Waals surface area (Å²) in [6, 6.07) is 16.1. The van der Waals surface area contributed by atoms with Gasteiger partial charge in [0.25, 0.3) is 0 Å². The Balaban J connectivity index is 1.83. The Kier molecular flexibility index (Phi) is 3.46. The molecule has 3 rings (SSSR count). The number of rotatable bonds is 4. The first kappa shape index (κ1) is 12.4. The topological polar surface area (TPSA) is 42.7 Å². The molecule has 0 amide bonds. The minimum absolute atomic E-state index is 0.714. The van der Waals surface area contributed by atoms with Gasteiger partial charge in [0.1, 0.15) is 5.82 Å². The Labute approximate surface area is 118 Å². The van der Waals surface area contributed by atoms with Crippen molar-refractivity contribution in [1.29, 1.82) is 0 Å². The SMILES string of the molecule is Cc1ccn(-c2ccccc2CNc2ccccn2)n1. The lowest BCUT2D eigenvalue weighted by Crippen LogP contribution is -2.06. The quantitative estimate of drug-likeness (QED) is 0.787. The lowest BCUT2D eigenvalue weighted by molar-refractivity contribution is 0.848.